The summed E-state index contributed by atoms with van der Waals surface area (Å²) in [4.78, 5) is 28.1. The number of halogens is 4. The number of piperidine rings is 1. The first-order valence-electron chi connectivity index (χ1n) is 12.8. The van der Waals surface area contributed by atoms with Crippen LogP contribution in [0, 0.1) is 11.7 Å². The summed E-state index contributed by atoms with van der Waals surface area (Å²) in [6.07, 6.45) is -5.12. The molecule has 0 aromatic heterocycles. The predicted octanol–water partition coefficient (Wildman–Crippen LogP) is 6.46. The molecule has 2 unspecified atom stereocenters. The molecular formula is C30H25F4NO4. The molecule has 5 nitrogen and oxygen atoms in total. The Kier molecular flexibility index (Phi) is 6.41. The molecule has 2 heterocycles. The molecule has 1 aliphatic carbocycles. The van der Waals surface area contributed by atoms with Crippen molar-refractivity contribution in [2.45, 2.75) is 37.0 Å². The fourth-order valence-electron chi connectivity index (χ4n) is 6.28. The highest BCUT2D eigenvalue weighted by atomic mass is 19.4. The van der Waals surface area contributed by atoms with Gasteiger partial charge < -0.3 is 9.47 Å². The van der Waals surface area contributed by atoms with Gasteiger partial charge in [-0.05, 0) is 53.3 Å². The molecule has 39 heavy (non-hydrogen) atoms. The number of amides is 1. The van der Waals surface area contributed by atoms with Crippen LogP contribution in [-0.4, -0.2) is 48.7 Å². The van der Waals surface area contributed by atoms with Crippen molar-refractivity contribution in [2.75, 3.05) is 19.8 Å². The number of ether oxygens (including phenoxy) is 2. The second-order valence-electron chi connectivity index (χ2n) is 10.3. The highest BCUT2D eigenvalue weighted by molar-refractivity contribution is 5.99. The highest BCUT2D eigenvalue weighted by Crippen LogP contribution is 2.45. The molecule has 1 amide bonds. The van der Waals surface area contributed by atoms with Gasteiger partial charge in [0, 0.05) is 17.4 Å². The van der Waals surface area contributed by atoms with E-state index in [0.29, 0.717) is 18.2 Å². The molecule has 0 saturated carbocycles. The third kappa shape index (κ3) is 4.58. The lowest BCUT2D eigenvalue weighted by Crippen LogP contribution is -2.60. The lowest BCUT2D eigenvalue weighted by atomic mass is 9.80. The van der Waals surface area contributed by atoms with Crippen molar-refractivity contribution in [2.24, 2.45) is 5.92 Å². The van der Waals surface area contributed by atoms with Gasteiger partial charge in [-0.25, -0.2) is 9.18 Å². The van der Waals surface area contributed by atoms with E-state index in [1.165, 1.54) is 0 Å². The van der Waals surface area contributed by atoms with E-state index in [9.17, 15) is 27.2 Å². The van der Waals surface area contributed by atoms with E-state index in [1.807, 2.05) is 48.5 Å². The van der Waals surface area contributed by atoms with Gasteiger partial charge >= 0.3 is 12.3 Å². The van der Waals surface area contributed by atoms with Crippen LogP contribution in [0.15, 0.2) is 66.7 Å². The number of Topliss-reactive ketones (excluding diaryl/α,β-unsaturated/α-hetero) is 1. The molecule has 2 aliphatic heterocycles. The average molecular weight is 540 g/mol. The zero-order chi connectivity index (χ0) is 27.3. The van der Waals surface area contributed by atoms with Crippen molar-refractivity contribution < 1.29 is 36.6 Å². The Bertz CT molecular complexity index is 1380. The maximum absolute atomic E-state index is 13.9. The Hall–Kier alpha value is -3.72. The number of carbonyl (C=O) groups is 2. The quantitative estimate of drug-likeness (QED) is 0.282. The van der Waals surface area contributed by atoms with Crippen molar-refractivity contribution in [3.63, 3.8) is 0 Å². The molecule has 202 valence electrons. The van der Waals surface area contributed by atoms with E-state index in [-0.39, 0.29) is 38.6 Å². The first-order valence-corrected chi connectivity index (χ1v) is 12.8. The molecule has 6 rings (SSSR count). The van der Waals surface area contributed by atoms with Gasteiger partial charge in [0.25, 0.3) is 0 Å². The lowest BCUT2D eigenvalue weighted by Gasteiger charge is -2.47. The number of rotatable bonds is 4. The molecule has 2 bridgehead atoms. The van der Waals surface area contributed by atoms with E-state index in [4.69, 9.17) is 9.47 Å². The van der Waals surface area contributed by atoms with Crippen molar-refractivity contribution in [1.29, 1.82) is 0 Å². The second-order valence-corrected chi connectivity index (χ2v) is 10.3. The molecule has 3 aliphatic rings. The van der Waals surface area contributed by atoms with E-state index in [0.717, 1.165) is 22.3 Å². The summed E-state index contributed by atoms with van der Waals surface area (Å²) < 4.78 is 65.9. The number of hydrogen-bond donors (Lipinski definition) is 0. The van der Waals surface area contributed by atoms with Gasteiger partial charge in [0.05, 0.1) is 30.9 Å². The van der Waals surface area contributed by atoms with E-state index < -0.39 is 53.0 Å². The normalized spacial score (nSPS) is 22.3. The largest absolute Gasteiger partial charge is 0.448 e. The van der Waals surface area contributed by atoms with Crippen molar-refractivity contribution in [1.82, 2.24) is 4.90 Å². The number of alkyl halides is 3. The summed E-state index contributed by atoms with van der Waals surface area (Å²) >= 11 is 0. The van der Waals surface area contributed by atoms with Crippen LogP contribution in [0.4, 0.5) is 22.4 Å². The molecule has 2 atom stereocenters. The first kappa shape index (κ1) is 25.6. The third-order valence-corrected chi connectivity index (χ3v) is 7.99. The standard InChI is InChI=1S/C30H25F4NO4/c31-18-9-10-27(30(32,33)34)25(13-18)28(36)17-11-19-14-38-15-20(12-17)35(19)29(37)39-16-26-23-7-3-1-5-21(23)22-6-2-4-8-24(22)26/h1-10,13,17,19-20,26H,11-12,14-16H2. The topological polar surface area (TPSA) is 55.8 Å². The monoisotopic (exact) mass is 539 g/mol. The van der Waals surface area contributed by atoms with Crippen LogP contribution >= 0.6 is 0 Å². The first-order chi connectivity index (χ1) is 18.7. The number of ketones is 1. The zero-order valence-electron chi connectivity index (χ0n) is 20.8. The fraction of sp³-hybridized carbons (Fsp3) is 0.333. The zero-order valence-corrected chi connectivity index (χ0v) is 20.8. The number of benzene rings is 3. The van der Waals surface area contributed by atoms with Crippen molar-refractivity contribution >= 4 is 11.9 Å². The Labute approximate surface area is 222 Å². The number of fused-ring (bicyclic) bond motifs is 5. The van der Waals surface area contributed by atoms with Gasteiger partial charge in [0.2, 0.25) is 0 Å². The molecule has 2 saturated heterocycles. The van der Waals surface area contributed by atoms with E-state index >= 15 is 0 Å². The molecule has 3 aromatic rings. The maximum atomic E-state index is 13.9. The van der Waals surface area contributed by atoms with Crippen LogP contribution in [0.1, 0.15) is 45.8 Å². The van der Waals surface area contributed by atoms with Gasteiger partial charge in [-0.2, -0.15) is 13.2 Å². The molecule has 2 fully saturated rings. The number of carbonyl (C=O) groups excluding carboxylic acids is 2. The SMILES string of the molecule is O=C(c1cc(F)ccc1C(F)(F)F)C1CC2COCC(C1)N2C(=O)OCC1c2ccccc2-c2ccccc21. The summed E-state index contributed by atoms with van der Waals surface area (Å²) in [5, 5.41) is 0. The molecule has 9 heteroatoms. The summed E-state index contributed by atoms with van der Waals surface area (Å²) in [6.45, 7) is 0.407. The van der Waals surface area contributed by atoms with Crippen LogP contribution in [0.3, 0.4) is 0 Å². The number of morpholine rings is 1. The Balaban J connectivity index is 1.18. The second kappa shape index (κ2) is 9.79. The number of nitrogens with zero attached hydrogens (tertiary/aromatic N) is 1. The molecule has 0 radical (unpaired) electrons. The number of hydrogen-bond acceptors (Lipinski definition) is 4. The minimum atomic E-state index is -4.79. The Morgan fingerprint density at radius 2 is 1.49 bits per heavy atom. The maximum Gasteiger partial charge on any atom is 0.417 e. The summed E-state index contributed by atoms with van der Waals surface area (Å²) in [6, 6.07) is 16.8. The molecule has 0 spiro atoms. The van der Waals surface area contributed by atoms with Crippen LogP contribution in [0.25, 0.3) is 11.1 Å². The smallest absolute Gasteiger partial charge is 0.417 e. The predicted molar refractivity (Wildman–Crippen MR) is 134 cm³/mol. The molecule has 0 N–H and O–H groups in total. The van der Waals surface area contributed by atoms with Crippen LogP contribution in [0.5, 0.6) is 0 Å². The summed E-state index contributed by atoms with van der Waals surface area (Å²) in [5.74, 6) is -2.60. The molecule has 3 aromatic carbocycles. The fourth-order valence-corrected chi connectivity index (χ4v) is 6.28. The van der Waals surface area contributed by atoms with Gasteiger partial charge in [0.15, 0.2) is 5.78 Å². The van der Waals surface area contributed by atoms with Gasteiger partial charge in [-0.15, -0.1) is 0 Å². The summed E-state index contributed by atoms with van der Waals surface area (Å²) in [5.41, 5.74) is 2.53. The lowest BCUT2D eigenvalue weighted by molar-refractivity contribution is -0.138. The molecular weight excluding hydrogens is 514 g/mol. The minimum Gasteiger partial charge on any atom is -0.448 e. The Morgan fingerprint density at radius 3 is 2.08 bits per heavy atom. The average Bonchev–Trinajstić information content (AvgIpc) is 3.23. The van der Waals surface area contributed by atoms with Gasteiger partial charge in [0.1, 0.15) is 12.4 Å². The van der Waals surface area contributed by atoms with Gasteiger partial charge in [-0.1, -0.05) is 48.5 Å². The van der Waals surface area contributed by atoms with Crippen molar-refractivity contribution in [3.05, 3.63) is 94.8 Å². The van der Waals surface area contributed by atoms with Crippen molar-refractivity contribution in [3.8, 4) is 11.1 Å². The van der Waals surface area contributed by atoms with Crippen LogP contribution in [0.2, 0.25) is 0 Å². The van der Waals surface area contributed by atoms with E-state index in [1.54, 1.807) is 4.90 Å². The van der Waals surface area contributed by atoms with Crippen LogP contribution < -0.4 is 0 Å². The van der Waals surface area contributed by atoms with E-state index in [2.05, 4.69) is 0 Å². The highest BCUT2D eigenvalue weighted by Gasteiger charge is 2.46. The summed E-state index contributed by atoms with van der Waals surface area (Å²) in [7, 11) is 0. The van der Waals surface area contributed by atoms with Crippen LogP contribution in [-0.2, 0) is 15.7 Å². The Morgan fingerprint density at radius 1 is 0.897 bits per heavy atom. The third-order valence-electron chi connectivity index (χ3n) is 7.99. The van der Waals surface area contributed by atoms with Gasteiger partial charge in [-0.3, -0.25) is 9.69 Å². The minimum absolute atomic E-state index is 0.105.